The Morgan fingerprint density at radius 2 is 2.10 bits per heavy atom. The fourth-order valence-corrected chi connectivity index (χ4v) is 3.56. The molecule has 0 bridgehead atoms. The van der Waals surface area contributed by atoms with Gasteiger partial charge in [0.2, 0.25) is 0 Å². The van der Waals surface area contributed by atoms with Crippen LogP contribution in [0.1, 0.15) is 25.8 Å². The zero-order valence-corrected chi connectivity index (χ0v) is 14.2. The first-order chi connectivity index (χ1) is 9.43. The van der Waals surface area contributed by atoms with Crippen LogP contribution in [0, 0.1) is 0 Å². The Balaban J connectivity index is 2.30. The second-order valence-electron chi connectivity index (χ2n) is 4.48. The molecule has 2 rings (SSSR count). The molecule has 106 valence electrons. The summed E-state index contributed by atoms with van der Waals surface area (Å²) < 4.78 is 0.607. The Morgan fingerprint density at radius 3 is 2.70 bits per heavy atom. The minimum absolute atomic E-state index is 0.0413. The predicted molar refractivity (Wildman–Crippen MR) is 91.2 cm³/mol. The van der Waals surface area contributed by atoms with Gasteiger partial charge in [0.15, 0.2) is 0 Å². The van der Waals surface area contributed by atoms with Gasteiger partial charge in [0.25, 0.3) is 5.91 Å². The first kappa shape index (κ1) is 15.8. The average molecular weight is 346 g/mol. The summed E-state index contributed by atoms with van der Waals surface area (Å²) in [5.41, 5.74) is 0.837. The highest BCUT2D eigenvalue weighted by Gasteiger charge is 2.34. The van der Waals surface area contributed by atoms with E-state index in [0.717, 1.165) is 12.0 Å². The Bertz CT molecular complexity index is 601. The number of nitrogens with zero attached hydrogens (tertiary/aromatic N) is 1. The lowest BCUT2D eigenvalue weighted by Gasteiger charge is -2.21. The van der Waals surface area contributed by atoms with E-state index in [1.54, 1.807) is 23.1 Å². The number of thioether (sulfide) groups is 1. The van der Waals surface area contributed by atoms with Crippen LogP contribution in [-0.2, 0) is 4.79 Å². The van der Waals surface area contributed by atoms with Crippen LogP contribution in [0.2, 0.25) is 10.0 Å². The molecule has 1 aromatic carbocycles. The fourth-order valence-electron chi connectivity index (χ4n) is 1.80. The highest BCUT2D eigenvalue weighted by Crippen LogP contribution is 2.35. The van der Waals surface area contributed by atoms with E-state index in [4.69, 9.17) is 35.4 Å². The zero-order chi connectivity index (χ0) is 14.9. The molecule has 6 heteroatoms. The lowest BCUT2D eigenvalue weighted by molar-refractivity contribution is -0.123. The summed E-state index contributed by atoms with van der Waals surface area (Å²) >= 11 is 18.5. The Morgan fingerprint density at radius 1 is 1.40 bits per heavy atom. The molecule has 0 saturated carbocycles. The van der Waals surface area contributed by atoms with Crippen molar-refractivity contribution in [2.75, 3.05) is 0 Å². The lowest BCUT2D eigenvalue weighted by Crippen LogP contribution is -2.36. The van der Waals surface area contributed by atoms with Crippen LogP contribution in [-0.4, -0.2) is 21.2 Å². The number of halogens is 2. The average Bonchev–Trinajstić information content (AvgIpc) is 2.68. The zero-order valence-electron chi connectivity index (χ0n) is 11.0. The molecule has 1 fully saturated rings. The van der Waals surface area contributed by atoms with Gasteiger partial charge in [0, 0.05) is 6.04 Å². The van der Waals surface area contributed by atoms with E-state index in [9.17, 15) is 4.79 Å². The summed E-state index contributed by atoms with van der Waals surface area (Å²) in [6.07, 6.45) is 2.66. The highest BCUT2D eigenvalue weighted by atomic mass is 35.5. The number of benzene rings is 1. The van der Waals surface area contributed by atoms with Crippen LogP contribution in [0.25, 0.3) is 6.08 Å². The van der Waals surface area contributed by atoms with E-state index >= 15 is 0 Å². The minimum Gasteiger partial charge on any atom is -0.290 e. The molecule has 0 N–H and O–H groups in total. The van der Waals surface area contributed by atoms with Crippen molar-refractivity contribution < 1.29 is 4.79 Å². The monoisotopic (exact) mass is 345 g/mol. The molecule has 1 aliphatic heterocycles. The summed E-state index contributed by atoms with van der Waals surface area (Å²) in [4.78, 5) is 14.7. The molecule has 1 heterocycles. The van der Waals surface area contributed by atoms with Crippen molar-refractivity contribution in [2.45, 2.75) is 26.3 Å². The molecular formula is C14H13Cl2NOS2. The second kappa shape index (κ2) is 6.48. The molecule has 0 unspecified atom stereocenters. The molecule has 0 spiro atoms. The van der Waals surface area contributed by atoms with Crippen molar-refractivity contribution in [3.63, 3.8) is 0 Å². The number of rotatable bonds is 3. The summed E-state index contributed by atoms with van der Waals surface area (Å²) in [6, 6.07) is 5.39. The quantitative estimate of drug-likeness (QED) is 0.568. The van der Waals surface area contributed by atoms with E-state index in [2.05, 4.69) is 0 Å². The SMILES string of the molecule is CC[C@H](C)N1C(=O)/C(=C/c2ccc(Cl)c(Cl)c2)SC1=S. The van der Waals surface area contributed by atoms with Crippen molar-refractivity contribution in [3.05, 3.63) is 38.7 Å². The van der Waals surface area contributed by atoms with Crippen LogP contribution in [0.15, 0.2) is 23.1 Å². The normalized spacial score (nSPS) is 19.0. The maximum atomic E-state index is 12.4. The summed E-state index contributed by atoms with van der Waals surface area (Å²) in [6.45, 7) is 4.03. The van der Waals surface area contributed by atoms with Gasteiger partial charge in [-0.3, -0.25) is 9.69 Å². The molecule has 0 aromatic heterocycles. The largest absolute Gasteiger partial charge is 0.290 e. The van der Waals surface area contributed by atoms with E-state index in [0.29, 0.717) is 19.3 Å². The summed E-state index contributed by atoms with van der Waals surface area (Å²) in [5.74, 6) is -0.0413. The third-order valence-corrected chi connectivity index (χ3v) is 5.17. The Labute approximate surface area is 138 Å². The molecular weight excluding hydrogens is 333 g/mol. The Kier molecular flexibility index (Phi) is 5.13. The van der Waals surface area contributed by atoms with Crippen molar-refractivity contribution >= 4 is 63.5 Å². The molecule has 0 radical (unpaired) electrons. The van der Waals surface area contributed by atoms with Crippen molar-refractivity contribution in [1.29, 1.82) is 0 Å². The van der Waals surface area contributed by atoms with Crippen molar-refractivity contribution in [3.8, 4) is 0 Å². The maximum absolute atomic E-state index is 12.4. The smallest absolute Gasteiger partial charge is 0.266 e. The number of amides is 1. The number of carbonyl (C=O) groups is 1. The van der Waals surface area contributed by atoms with E-state index < -0.39 is 0 Å². The second-order valence-corrected chi connectivity index (χ2v) is 6.97. The summed E-state index contributed by atoms with van der Waals surface area (Å²) in [7, 11) is 0. The van der Waals surface area contributed by atoms with Gasteiger partial charge in [-0.05, 0) is 37.1 Å². The van der Waals surface area contributed by atoms with Crippen LogP contribution >= 0.6 is 47.2 Å². The van der Waals surface area contributed by atoms with E-state index in [1.165, 1.54) is 11.8 Å². The van der Waals surface area contributed by atoms with Crippen LogP contribution in [0.4, 0.5) is 0 Å². The third kappa shape index (κ3) is 3.19. The standard InChI is InChI=1S/C14H13Cl2NOS2/c1-3-8(2)17-13(18)12(20-14(17)19)7-9-4-5-10(15)11(16)6-9/h4-8H,3H2,1-2H3/b12-7-/t8-/m0/s1. The van der Waals surface area contributed by atoms with Gasteiger partial charge in [-0.2, -0.15) is 0 Å². The number of carbonyl (C=O) groups excluding carboxylic acids is 1. The molecule has 1 amide bonds. The molecule has 20 heavy (non-hydrogen) atoms. The topological polar surface area (TPSA) is 20.3 Å². The van der Waals surface area contributed by atoms with Gasteiger partial charge in [0.05, 0.1) is 15.0 Å². The first-order valence-electron chi connectivity index (χ1n) is 6.16. The number of thiocarbonyl (C=S) groups is 1. The van der Waals surface area contributed by atoms with Crippen LogP contribution < -0.4 is 0 Å². The summed E-state index contributed by atoms with van der Waals surface area (Å²) in [5, 5.41) is 0.966. The minimum atomic E-state index is -0.0413. The fraction of sp³-hybridized carbons (Fsp3) is 0.286. The van der Waals surface area contributed by atoms with E-state index in [1.807, 2.05) is 19.9 Å². The molecule has 2 nitrogen and oxygen atoms in total. The molecule has 1 saturated heterocycles. The molecule has 1 atom stereocenters. The first-order valence-corrected chi connectivity index (χ1v) is 8.14. The third-order valence-electron chi connectivity index (χ3n) is 3.10. The van der Waals surface area contributed by atoms with Gasteiger partial charge in [-0.15, -0.1) is 0 Å². The molecule has 0 aliphatic carbocycles. The van der Waals surface area contributed by atoms with Gasteiger partial charge in [0.1, 0.15) is 4.32 Å². The maximum Gasteiger partial charge on any atom is 0.266 e. The van der Waals surface area contributed by atoms with Crippen molar-refractivity contribution in [2.24, 2.45) is 0 Å². The number of hydrogen-bond donors (Lipinski definition) is 0. The Hall–Kier alpha value is -0.550. The van der Waals surface area contributed by atoms with Gasteiger partial charge in [-0.1, -0.05) is 60.2 Å². The molecule has 1 aliphatic rings. The van der Waals surface area contributed by atoms with Crippen LogP contribution in [0.3, 0.4) is 0 Å². The van der Waals surface area contributed by atoms with Gasteiger partial charge >= 0.3 is 0 Å². The lowest BCUT2D eigenvalue weighted by atomic mass is 10.2. The van der Waals surface area contributed by atoms with Gasteiger partial charge in [-0.25, -0.2) is 0 Å². The van der Waals surface area contributed by atoms with E-state index in [-0.39, 0.29) is 11.9 Å². The molecule has 1 aromatic rings. The van der Waals surface area contributed by atoms with Crippen molar-refractivity contribution in [1.82, 2.24) is 4.90 Å². The van der Waals surface area contributed by atoms with Crippen LogP contribution in [0.5, 0.6) is 0 Å². The van der Waals surface area contributed by atoms with Gasteiger partial charge < -0.3 is 0 Å². The highest BCUT2D eigenvalue weighted by molar-refractivity contribution is 8.26. The number of hydrogen-bond acceptors (Lipinski definition) is 3. The predicted octanol–water partition coefficient (Wildman–Crippen LogP) is 4.99.